The number of halogens is 5. The minimum absolute atomic E-state index is 0.0997. The van der Waals surface area contributed by atoms with Crippen molar-refractivity contribution in [1.29, 1.82) is 0 Å². The molecule has 0 unspecified atom stereocenters. The number of rotatable bonds is 5. The Hall–Kier alpha value is -2.20. The average molecular weight is 381 g/mol. The molecule has 4 nitrogen and oxygen atoms in total. The number of anilines is 1. The molecule has 0 aliphatic heterocycles. The Bertz CT molecular complexity index is 850. The predicted molar refractivity (Wildman–Crippen MR) is 79.5 cm³/mol. The molecule has 0 amide bonds. The molecule has 0 aliphatic rings. The molecule has 2 aromatic rings. The van der Waals surface area contributed by atoms with Crippen molar-refractivity contribution < 1.29 is 35.5 Å². The summed E-state index contributed by atoms with van der Waals surface area (Å²) in [5.74, 6) is -2.19. The van der Waals surface area contributed by atoms with E-state index in [0.29, 0.717) is 0 Å². The molecule has 2 rings (SSSR count). The zero-order valence-corrected chi connectivity index (χ0v) is 13.2. The highest BCUT2D eigenvalue weighted by atomic mass is 32.2. The summed E-state index contributed by atoms with van der Waals surface area (Å²) in [4.78, 5) is -0.910. The molecule has 1 atom stereocenters. The lowest BCUT2D eigenvalue weighted by atomic mass is 10.1. The van der Waals surface area contributed by atoms with E-state index in [0.717, 1.165) is 36.4 Å². The molecule has 2 aromatic carbocycles. The van der Waals surface area contributed by atoms with Gasteiger partial charge < -0.3 is 10.4 Å². The van der Waals surface area contributed by atoms with E-state index >= 15 is 0 Å². The van der Waals surface area contributed by atoms with Gasteiger partial charge >= 0.3 is 5.51 Å². The Morgan fingerprint density at radius 2 is 1.60 bits per heavy atom. The maximum absolute atomic E-state index is 13.1. The number of aliphatic hydroxyl groups is 1. The summed E-state index contributed by atoms with van der Waals surface area (Å²) in [6, 6.07) is 6.59. The lowest BCUT2D eigenvalue weighted by Gasteiger charge is -2.14. The second kappa shape index (κ2) is 6.96. The zero-order valence-electron chi connectivity index (χ0n) is 12.4. The van der Waals surface area contributed by atoms with Crippen molar-refractivity contribution in [2.75, 3.05) is 11.9 Å². The molecule has 2 N–H and O–H groups in total. The minimum Gasteiger partial charge on any atom is -0.387 e. The third kappa shape index (κ3) is 4.26. The second-order valence-electron chi connectivity index (χ2n) is 5.04. The summed E-state index contributed by atoms with van der Waals surface area (Å²) < 4.78 is 85.7. The van der Waals surface area contributed by atoms with Crippen molar-refractivity contribution in [3.05, 3.63) is 59.7 Å². The first-order valence-electron chi connectivity index (χ1n) is 6.80. The van der Waals surface area contributed by atoms with Gasteiger partial charge in [0.05, 0.1) is 11.0 Å². The van der Waals surface area contributed by atoms with Crippen molar-refractivity contribution in [2.45, 2.75) is 16.5 Å². The van der Waals surface area contributed by atoms with Gasteiger partial charge in [-0.05, 0) is 42.0 Å². The summed E-state index contributed by atoms with van der Waals surface area (Å²) in [5, 5.41) is 12.5. The van der Waals surface area contributed by atoms with Gasteiger partial charge in [0.15, 0.2) is 11.6 Å². The highest BCUT2D eigenvalue weighted by Gasteiger charge is 2.46. The summed E-state index contributed by atoms with van der Waals surface area (Å²) in [6.45, 7) is -0.156. The minimum atomic E-state index is -5.43. The van der Waals surface area contributed by atoms with Crippen LogP contribution in [0.2, 0.25) is 0 Å². The van der Waals surface area contributed by atoms with Gasteiger partial charge in [-0.25, -0.2) is 17.2 Å². The van der Waals surface area contributed by atoms with Crippen LogP contribution in [0.15, 0.2) is 47.4 Å². The first-order valence-corrected chi connectivity index (χ1v) is 8.29. The smallest absolute Gasteiger partial charge is 0.387 e. The lowest BCUT2D eigenvalue weighted by molar-refractivity contribution is -0.0436. The van der Waals surface area contributed by atoms with Crippen molar-refractivity contribution >= 4 is 15.5 Å². The number of hydrogen-bond donors (Lipinski definition) is 2. The lowest BCUT2D eigenvalue weighted by Crippen LogP contribution is -2.23. The number of benzene rings is 2. The normalized spacial score (nSPS) is 13.5. The van der Waals surface area contributed by atoms with Crippen molar-refractivity contribution in [3.8, 4) is 0 Å². The van der Waals surface area contributed by atoms with Crippen LogP contribution < -0.4 is 5.32 Å². The number of aliphatic hydroxyl groups excluding tert-OH is 1. The van der Waals surface area contributed by atoms with Gasteiger partial charge in [0.25, 0.3) is 9.84 Å². The van der Waals surface area contributed by atoms with Crippen LogP contribution >= 0.6 is 0 Å². The largest absolute Gasteiger partial charge is 0.501 e. The van der Waals surface area contributed by atoms with Crippen LogP contribution in [0.5, 0.6) is 0 Å². The van der Waals surface area contributed by atoms with E-state index in [2.05, 4.69) is 5.32 Å². The average Bonchev–Trinajstić information content (AvgIpc) is 2.54. The fourth-order valence-electron chi connectivity index (χ4n) is 1.94. The quantitative estimate of drug-likeness (QED) is 0.779. The van der Waals surface area contributed by atoms with Gasteiger partial charge in [0, 0.05) is 12.2 Å². The first-order chi connectivity index (χ1) is 11.5. The van der Waals surface area contributed by atoms with E-state index < -0.39 is 38.0 Å². The third-order valence-corrected chi connectivity index (χ3v) is 4.80. The van der Waals surface area contributed by atoms with E-state index in [1.807, 2.05) is 0 Å². The van der Waals surface area contributed by atoms with Crippen LogP contribution in [0, 0.1) is 11.6 Å². The van der Waals surface area contributed by atoms with Gasteiger partial charge in [-0.2, -0.15) is 13.2 Å². The molecule has 25 heavy (non-hydrogen) atoms. The molecular weight excluding hydrogens is 369 g/mol. The maximum atomic E-state index is 13.1. The fourth-order valence-corrected chi connectivity index (χ4v) is 2.70. The molecule has 136 valence electrons. The van der Waals surface area contributed by atoms with Crippen molar-refractivity contribution in [2.24, 2.45) is 0 Å². The molecule has 0 aromatic heterocycles. The van der Waals surface area contributed by atoms with Gasteiger partial charge in [-0.15, -0.1) is 0 Å². The summed E-state index contributed by atoms with van der Waals surface area (Å²) >= 11 is 0. The topological polar surface area (TPSA) is 66.4 Å². The molecule has 10 heteroatoms. The number of nitrogens with one attached hydrogen (secondary N) is 1. The van der Waals surface area contributed by atoms with E-state index in [4.69, 9.17) is 0 Å². The van der Waals surface area contributed by atoms with Gasteiger partial charge in [0.2, 0.25) is 0 Å². The molecule has 0 spiro atoms. The summed E-state index contributed by atoms with van der Waals surface area (Å²) in [6.07, 6.45) is -1.21. The highest BCUT2D eigenvalue weighted by Crippen LogP contribution is 2.30. The van der Waals surface area contributed by atoms with Crippen LogP contribution in [0.1, 0.15) is 11.7 Å². The first kappa shape index (κ1) is 19.1. The molecular formula is C15H12F5NO3S. The summed E-state index contributed by atoms with van der Waals surface area (Å²) in [5.41, 5.74) is -5.06. The molecule has 0 bridgehead atoms. The monoisotopic (exact) mass is 381 g/mol. The Kier molecular flexibility index (Phi) is 5.33. The molecule has 0 heterocycles. The maximum Gasteiger partial charge on any atom is 0.501 e. The predicted octanol–water partition coefficient (Wildman–Crippen LogP) is 3.40. The highest BCUT2D eigenvalue weighted by molar-refractivity contribution is 7.92. The molecule has 0 saturated heterocycles. The van der Waals surface area contributed by atoms with Gasteiger partial charge in [-0.1, -0.05) is 6.07 Å². The second-order valence-corrected chi connectivity index (χ2v) is 6.98. The SMILES string of the molecule is O=S(=O)(c1ccc(NC[C@H](O)c2ccc(F)c(F)c2)cc1)C(F)(F)F. The van der Waals surface area contributed by atoms with E-state index in [1.54, 1.807) is 0 Å². The number of hydrogen-bond acceptors (Lipinski definition) is 4. The van der Waals surface area contributed by atoms with Gasteiger partial charge in [0.1, 0.15) is 0 Å². The molecule has 0 saturated carbocycles. The standard InChI is InChI=1S/C15H12F5NO3S/c16-12-6-1-9(7-13(12)17)14(22)8-21-10-2-4-11(5-3-10)25(23,24)15(18,19)20/h1-7,14,21-22H,8H2/t14-/m0/s1. The Morgan fingerprint density at radius 1 is 1.00 bits per heavy atom. The van der Waals surface area contributed by atoms with Crippen LogP contribution in [0.3, 0.4) is 0 Å². The third-order valence-electron chi connectivity index (χ3n) is 3.30. The number of sulfone groups is 1. The van der Waals surface area contributed by atoms with Crippen molar-refractivity contribution in [3.63, 3.8) is 0 Å². The zero-order chi connectivity index (χ0) is 18.8. The Morgan fingerprint density at radius 3 is 2.12 bits per heavy atom. The van der Waals surface area contributed by atoms with Crippen LogP contribution in [0.4, 0.5) is 27.6 Å². The summed E-state index contributed by atoms with van der Waals surface area (Å²) in [7, 11) is -5.43. The number of alkyl halides is 3. The Balaban J connectivity index is 2.05. The van der Waals surface area contributed by atoms with Crippen LogP contribution in [-0.4, -0.2) is 25.6 Å². The van der Waals surface area contributed by atoms with Crippen LogP contribution in [0.25, 0.3) is 0 Å². The Labute approximate surface area is 139 Å². The van der Waals surface area contributed by atoms with E-state index in [9.17, 15) is 35.5 Å². The van der Waals surface area contributed by atoms with Gasteiger partial charge in [-0.3, -0.25) is 0 Å². The molecule has 0 radical (unpaired) electrons. The van der Waals surface area contributed by atoms with Crippen molar-refractivity contribution in [1.82, 2.24) is 0 Å². The van der Waals surface area contributed by atoms with Crippen LogP contribution in [-0.2, 0) is 9.84 Å². The molecule has 0 fully saturated rings. The molecule has 0 aliphatic carbocycles. The van der Waals surface area contributed by atoms with E-state index in [-0.39, 0.29) is 17.8 Å². The fraction of sp³-hybridized carbons (Fsp3) is 0.200. The van der Waals surface area contributed by atoms with E-state index in [1.165, 1.54) is 6.07 Å².